The number of unbranched alkanes of at least 4 members (excludes halogenated alkanes) is 16. The number of aliphatic hydroxyl groups is 3. The van der Waals surface area contributed by atoms with E-state index in [0.29, 0.717) is 25.7 Å². The van der Waals surface area contributed by atoms with E-state index in [9.17, 15) is 20.1 Å². The number of carbonyl (C=O) groups is 1. The van der Waals surface area contributed by atoms with Gasteiger partial charge in [-0.15, -0.1) is 0 Å². The Bertz CT molecular complexity index is 415. The highest BCUT2D eigenvalue weighted by Crippen LogP contribution is 2.17. The van der Waals surface area contributed by atoms with Crippen LogP contribution in [0.4, 0.5) is 0 Å². The molecule has 0 bridgehead atoms. The summed E-state index contributed by atoms with van der Waals surface area (Å²) in [6.07, 6.45) is 22.1. The van der Waals surface area contributed by atoms with Crippen molar-refractivity contribution in [3.63, 3.8) is 0 Å². The largest absolute Gasteiger partial charge is 0.481 e. The Morgan fingerprint density at radius 1 is 0.515 bits per heavy atom. The van der Waals surface area contributed by atoms with Crippen LogP contribution in [-0.2, 0) is 4.79 Å². The third kappa shape index (κ3) is 24.3. The number of aliphatic hydroxyl groups excluding tert-OH is 3. The van der Waals surface area contributed by atoms with E-state index < -0.39 is 18.2 Å². The van der Waals surface area contributed by atoms with Gasteiger partial charge in [0.15, 0.2) is 0 Å². The van der Waals surface area contributed by atoms with E-state index in [4.69, 9.17) is 5.11 Å². The molecule has 0 saturated heterocycles. The molecule has 0 saturated carbocycles. The van der Waals surface area contributed by atoms with E-state index in [1.807, 2.05) is 0 Å². The summed E-state index contributed by atoms with van der Waals surface area (Å²) in [4.78, 5) is 10.4. The molecule has 4 N–H and O–H groups in total. The van der Waals surface area contributed by atoms with Crippen molar-refractivity contribution in [1.29, 1.82) is 0 Å². The first kappa shape index (κ1) is 32.4. The molecule has 3 unspecified atom stereocenters. The molecule has 0 aliphatic carbocycles. The highest BCUT2D eigenvalue weighted by molar-refractivity contribution is 5.66. The monoisotopic (exact) mass is 472 g/mol. The van der Waals surface area contributed by atoms with Crippen molar-refractivity contribution >= 4 is 5.97 Å². The third-order valence-electron chi connectivity index (χ3n) is 6.77. The second-order valence-electron chi connectivity index (χ2n) is 10.1. The summed E-state index contributed by atoms with van der Waals surface area (Å²) >= 11 is 0. The van der Waals surface area contributed by atoms with Gasteiger partial charge in [-0.25, -0.2) is 0 Å². The van der Waals surface area contributed by atoms with Crippen LogP contribution in [-0.4, -0.2) is 44.7 Å². The molecule has 0 aromatic carbocycles. The van der Waals surface area contributed by atoms with E-state index in [2.05, 4.69) is 6.92 Å². The summed E-state index contributed by atoms with van der Waals surface area (Å²) in [5.74, 6) is -0.692. The molecule has 5 heteroatoms. The van der Waals surface area contributed by atoms with Gasteiger partial charge in [0.25, 0.3) is 0 Å². The maximum atomic E-state index is 10.4. The Balaban J connectivity index is 3.43. The number of carboxylic acids is 1. The van der Waals surface area contributed by atoms with Gasteiger partial charge in [-0.2, -0.15) is 0 Å². The molecule has 0 spiro atoms. The maximum absolute atomic E-state index is 10.4. The lowest BCUT2D eigenvalue weighted by molar-refractivity contribution is -0.137. The first-order chi connectivity index (χ1) is 16.0. The Labute approximate surface area is 204 Å². The Kier molecular flexibility index (Phi) is 24.0. The Morgan fingerprint density at radius 2 is 0.909 bits per heavy atom. The van der Waals surface area contributed by atoms with Crippen molar-refractivity contribution in [1.82, 2.24) is 0 Å². The second kappa shape index (κ2) is 24.5. The molecule has 5 nitrogen and oxygen atoms in total. The summed E-state index contributed by atoms with van der Waals surface area (Å²) in [7, 11) is 0. The highest BCUT2D eigenvalue weighted by atomic mass is 16.4. The van der Waals surface area contributed by atoms with E-state index in [1.165, 1.54) is 70.6 Å². The highest BCUT2D eigenvalue weighted by Gasteiger charge is 2.17. The van der Waals surface area contributed by atoms with Gasteiger partial charge in [-0.1, -0.05) is 116 Å². The van der Waals surface area contributed by atoms with E-state index in [-0.39, 0.29) is 6.10 Å². The molecule has 0 aliphatic rings. The van der Waals surface area contributed by atoms with Crippen LogP contribution in [0.1, 0.15) is 155 Å². The van der Waals surface area contributed by atoms with Crippen LogP contribution in [0.15, 0.2) is 0 Å². The molecule has 3 atom stereocenters. The zero-order valence-corrected chi connectivity index (χ0v) is 21.7. The third-order valence-corrected chi connectivity index (χ3v) is 6.77. The predicted molar refractivity (Wildman–Crippen MR) is 138 cm³/mol. The molecular formula is C28H56O5. The molecule has 0 aromatic rings. The first-order valence-electron chi connectivity index (χ1n) is 14.2. The minimum atomic E-state index is -0.715. The number of hydrogen-bond acceptors (Lipinski definition) is 4. The van der Waals surface area contributed by atoms with Crippen LogP contribution in [0.3, 0.4) is 0 Å². The van der Waals surface area contributed by atoms with E-state index in [0.717, 1.165) is 51.4 Å². The van der Waals surface area contributed by atoms with Gasteiger partial charge in [-0.05, 0) is 32.1 Å². The fourth-order valence-electron chi connectivity index (χ4n) is 4.45. The molecule has 198 valence electrons. The second-order valence-corrected chi connectivity index (χ2v) is 10.1. The van der Waals surface area contributed by atoms with Crippen molar-refractivity contribution in [2.45, 2.75) is 173 Å². The van der Waals surface area contributed by atoms with Crippen LogP contribution in [0.25, 0.3) is 0 Å². The molecule has 0 aliphatic heterocycles. The van der Waals surface area contributed by atoms with Crippen molar-refractivity contribution in [2.75, 3.05) is 0 Å². The molecule has 0 fully saturated rings. The van der Waals surface area contributed by atoms with Crippen LogP contribution in [0, 0.1) is 0 Å². The minimum absolute atomic E-state index is 0.296. The molecule has 0 aromatic heterocycles. The summed E-state index contributed by atoms with van der Waals surface area (Å²) in [5, 5.41) is 39.1. The number of rotatable bonds is 26. The van der Waals surface area contributed by atoms with Gasteiger partial charge in [0.05, 0.1) is 18.3 Å². The van der Waals surface area contributed by atoms with Crippen LogP contribution in [0.5, 0.6) is 0 Å². The first-order valence-corrected chi connectivity index (χ1v) is 14.2. The SMILES string of the molecule is CCCCCCCCCCC(O)C(O)CCC(O)CCCCCCCCCCCCC(=O)O. The summed E-state index contributed by atoms with van der Waals surface area (Å²) in [6, 6.07) is 0. The fourth-order valence-corrected chi connectivity index (χ4v) is 4.45. The quantitative estimate of drug-likeness (QED) is 0.100. The van der Waals surface area contributed by atoms with Crippen molar-refractivity contribution in [3.8, 4) is 0 Å². The zero-order chi connectivity index (χ0) is 24.6. The van der Waals surface area contributed by atoms with Gasteiger partial charge in [0.1, 0.15) is 0 Å². The predicted octanol–water partition coefficient (Wildman–Crippen LogP) is 7.15. The number of aliphatic carboxylic acids is 1. The van der Waals surface area contributed by atoms with Gasteiger partial charge >= 0.3 is 5.97 Å². The molecule has 33 heavy (non-hydrogen) atoms. The number of carboxylic acid groups (broad SMARTS) is 1. The minimum Gasteiger partial charge on any atom is -0.481 e. The molecule has 0 radical (unpaired) electrons. The molecule has 0 rings (SSSR count). The topological polar surface area (TPSA) is 98.0 Å². The van der Waals surface area contributed by atoms with Gasteiger partial charge in [-0.3, -0.25) is 4.79 Å². The van der Waals surface area contributed by atoms with Crippen molar-refractivity contribution in [3.05, 3.63) is 0 Å². The molecule has 0 amide bonds. The van der Waals surface area contributed by atoms with Crippen molar-refractivity contribution in [2.24, 2.45) is 0 Å². The maximum Gasteiger partial charge on any atom is 0.303 e. The molecular weight excluding hydrogens is 416 g/mol. The van der Waals surface area contributed by atoms with Crippen LogP contribution >= 0.6 is 0 Å². The lowest BCUT2D eigenvalue weighted by atomic mass is 9.98. The standard InChI is InChI=1S/C28H56O5/c1-2-3-4-5-6-12-15-18-21-26(30)27(31)24-23-25(29)20-17-14-11-9-7-8-10-13-16-19-22-28(32)33/h25-27,29-31H,2-24H2,1H3,(H,32,33). The van der Waals surface area contributed by atoms with Gasteiger partial charge in [0.2, 0.25) is 0 Å². The fraction of sp³-hybridized carbons (Fsp3) is 0.964. The summed E-state index contributed by atoms with van der Waals surface area (Å²) in [5.41, 5.74) is 0. The summed E-state index contributed by atoms with van der Waals surface area (Å²) < 4.78 is 0. The van der Waals surface area contributed by atoms with E-state index >= 15 is 0 Å². The molecule has 0 heterocycles. The van der Waals surface area contributed by atoms with Gasteiger partial charge in [0, 0.05) is 6.42 Å². The normalized spacial score (nSPS) is 14.3. The Morgan fingerprint density at radius 3 is 1.39 bits per heavy atom. The average Bonchev–Trinajstić information content (AvgIpc) is 2.79. The lowest BCUT2D eigenvalue weighted by Gasteiger charge is -2.19. The lowest BCUT2D eigenvalue weighted by Crippen LogP contribution is -2.27. The number of hydrogen-bond donors (Lipinski definition) is 4. The van der Waals surface area contributed by atoms with Gasteiger partial charge < -0.3 is 20.4 Å². The van der Waals surface area contributed by atoms with E-state index in [1.54, 1.807) is 0 Å². The smallest absolute Gasteiger partial charge is 0.303 e. The van der Waals surface area contributed by atoms with Crippen molar-refractivity contribution < 1.29 is 25.2 Å². The summed E-state index contributed by atoms with van der Waals surface area (Å²) in [6.45, 7) is 2.23. The van der Waals surface area contributed by atoms with Crippen LogP contribution in [0.2, 0.25) is 0 Å². The average molecular weight is 473 g/mol. The Hall–Kier alpha value is -0.650. The van der Waals surface area contributed by atoms with Crippen LogP contribution < -0.4 is 0 Å². The zero-order valence-electron chi connectivity index (χ0n) is 21.7.